The van der Waals surface area contributed by atoms with E-state index in [1.807, 2.05) is 30.9 Å². The van der Waals surface area contributed by atoms with Crippen LogP contribution in [-0.4, -0.2) is 41.4 Å². The van der Waals surface area contributed by atoms with Gasteiger partial charge in [0.25, 0.3) is 11.8 Å². The van der Waals surface area contributed by atoms with Crippen LogP contribution in [0.15, 0.2) is 36.5 Å². The van der Waals surface area contributed by atoms with Crippen molar-refractivity contribution in [3.63, 3.8) is 0 Å². The molecule has 0 bridgehead atoms. The van der Waals surface area contributed by atoms with E-state index < -0.39 is 0 Å². The predicted octanol–water partition coefficient (Wildman–Crippen LogP) is 4.16. The molecule has 1 aromatic heterocycles. The number of rotatable bonds is 5. The zero-order valence-electron chi connectivity index (χ0n) is 17.6. The first-order valence-corrected chi connectivity index (χ1v) is 10.2. The normalized spacial score (nSPS) is 19.0. The molecular formula is C23H29N3O3. The van der Waals surface area contributed by atoms with E-state index in [0.717, 1.165) is 25.1 Å². The largest absolute Gasteiger partial charge is 0.478 e. The monoisotopic (exact) mass is 395 g/mol. The van der Waals surface area contributed by atoms with Crippen molar-refractivity contribution in [3.05, 3.63) is 53.2 Å². The van der Waals surface area contributed by atoms with E-state index in [4.69, 9.17) is 4.74 Å². The van der Waals surface area contributed by atoms with Crippen LogP contribution >= 0.6 is 0 Å². The van der Waals surface area contributed by atoms with Gasteiger partial charge in [-0.25, -0.2) is 4.98 Å². The number of amides is 2. The molecule has 1 aliphatic heterocycles. The Kier molecular flexibility index (Phi) is 6.52. The van der Waals surface area contributed by atoms with Gasteiger partial charge in [-0.2, -0.15) is 0 Å². The van der Waals surface area contributed by atoms with Crippen molar-refractivity contribution in [2.75, 3.05) is 25.0 Å². The number of aromatic nitrogens is 1. The van der Waals surface area contributed by atoms with Crippen LogP contribution < -0.4 is 10.1 Å². The van der Waals surface area contributed by atoms with Crippen molar-refractivity contribution in [1.29, 1.82) is 0 Å². The first-order chi connectivity index (χ1) is 13.9. The summed E-state index contributed by atoms with van der Waals surface area (Å²) in [5.41, 5.74) is 2.56. The Morgan fingerprint density at radius 3 is 2.45 bits per heavy atom. The number of ether oxygens (including phenoxy) is 1. The van der Waals surface area contributed by atoms with Gasteiger partial charge in [-0.3, -0.25) is 9.59 Å². The molecule has 2 heterocycles. The summed E-state index contributed by atoms with van der Waals surface area (Å²) in [7, 11) is 0. The van der Waals surface area contributed by atoms with Gasteiger partial charge in [-0.1, -0.05) is 19.9 Å². The van der Waals surface area contributed by atoms with E-state index >= 15 is 0 Å². The molecule has 0 spiro atoms. The molecule has 1 N–H and O–H groups in total. The lowest BCUT2D eigenvalue weighted by Gasteiger charge is -2.35. The Labute approximate surface area is 172 Å². The highest BCUT2D eigenvalue weighted by atomic mass is 16.5. The Morgan fingerprint density at radius 2 is 1.83 bits per heavy atom. The highest BCUT2D eigenvalue weighted by molar-refractivity contribution is 6.05. The number of piperidine rings is 1. The van der Waals surface area contributed by atoms with Crippen LogP contribution in [0.5, 0.6) is 5.88 Å². The number of benzene rings is 1. The summed E-state index contributed by atoms with van der Waals surface area (Å²) in [4.78, 5) is 31.7. The lowest BCUT2D eigenvalue weighted by atomic mass is 9.91. The lowest BCUT2D eigenvalue weighted by molar-refractivity contribution is 0.0623. The SMILES string of the molecule is CCOc1ccc(C(=O)Nc2cc(C(=O)N3CC(C)CC(C)C3)ccc2C)cn1. The predicted molar refractivity (Wildman–Crippen MR) is 113 cm³/mol. The quantitative estimate of drug-likeness (QED) is 0.825. The van der Waals surface area contributed by atoms with Gasteiger partial charge in [-0.05, 0) is 55.9 Å². The zero-order valence-corrected chi connectivity index (χ0v) is 17.6. The Balaban J connectivity index is 1.74. The minimum absolute atomic E-state index is 0.0154. The summed E-state index contributed by atoms with van der Waals surface area (Å²) in [5, 5.41) is 2.90. The van der Waals surface area contributed by atoms with Crippen LogP contribution in [0.25, 0.3) is 0 Å². The van der Waals surface area contributed by atoms with Crippen molar-refractivity contribution in [2.24, 2.45) is 11.8 Å². The van der Waals surface area contributed by atoms with Crippen molar-refractivity contribution in [1.82, 2.24) is 9.88 Å². The molecule has 2 unspecified atom stereocenters. The molecule has 154 valence electrons. The van der Waals surface area contributed by atoms with Gasteiger partial charge in [0.2, 0.25) is 5.88 Å². The lowest BCUT2D eigenvalue weighted by Crippen LogP contribution is -2.42. The summed E-state index contributed by atoms with van der Waals surface area (Å²) in [6, 6.07) is 8.81. The number of hydrogen-bond donors (Lipinski definition) is 1. The Morgan fingerprint density at radius 1 is 1.14 bits per heavy atom. The molecule has 1 aliphatic rings. The molecule has 2 aromatic rings. The number of likely N-dealkylation sites (tertiary alicyclic amines) is 1. The number of nitrogens with zero attached hydrogens (tertiary/aromatic N) is 2. The fourth-order valence-corrected chi connectivity index (χ4v) is 3.84. The number of aryl methyl sites for hydroxylation is 1. The number of pyridine rings is 1. The summed E-state index contributed by atoms with van der Waals surface area (Å²) in [6.07, 6.45) is 2.64. The topological polar surface area (TPSA) is 71.5 Å². The van der Waals surface area contributed by atoms with Crippen LogP contribution in [0, 0.1) is 18.8 Å². The van der Waals surface area contributed by atoms with Crippen molar-refractivity contribution in [2.45, 2.75) is 34.1 Å². The highest BCUT2D eigenvalue weighted by Gasteiger charge is 2.26. The zero-order chi connectivity index (χ0) is 21.0. The second-order valence-electron chi connectivity index (χ2n) is 7.96. The van der Waals surface area contributed by atoms with Gasteiger partial charge < -0.3 is 15.0 Å². The number of anilines is 1. The van der Waals surface area contributed by atoms with Gasteiger partial charge in [-0.15, -0.1) is 0 Å². The van der Waals surface area contributed by atoms with Crippen LogP contribution in [0.2, 0.25) is 0 Å². The Hall–Kier alpha value is -2.89. The van der Waals surface area contributed by atoms with E-state index in [2.05, 4.69) is 24.1 Å². The molecule has 1 saturated heterocycles. The minimum Gasteiger partial charge on any atom is -0.478 e. The van der Waals surface area contributed by atoms with E-state index in [9.17, 15) is 9.59 Å². The van der Waals surface area contributed by atoms with Crippen LogP contribution in [0.4, 0.5) is 5.69 Å². The molecule has 1 fully saturated rings. The summed E-state index contributed by atoms with van der Waals surface area (Å²) >= 11 is 0. The van der Waals surface area contributed by atoms with Crippen LogP contribution in [0.1, 0.15) is 53.5 Å². The molecule has 29 heavy (non-hydrogen) atoms. The fraction of sp³-hybridized carbons (Fsp3) is 0.435. The third kappa shape index (κ3) is 5.13. The standard InChI is InChI=1S/C23H29N3O3/c1-5-29-21-9-8-19(12-24-21)22(27)25-20-11-18(7-6-17(20)4)23(28)26-13-15(2)10-16(3)14-26/h6-9,11-12,15-16H,5,10,13-14H2,1-4H3,(H,25,27). The summed E-state index contributed by atoms with van der Waals surface area (Å²) in [5.74, 6) is 1.23. The van der Waals surface area contributed by atoms with E-state index in [0.29, 0.717) is 41.1 Å². The maximum absolute atomic E-state index is 13.0. The van der Waals surface area contributed by atoms with Crippen molar-refractivity contribution < 1.29 is 14.3 Å². The fourth-order valence-electron chi connectivity index (χ4n) is 3.84. The molecule has 6 nitrogen and oxygen atoms in total. The Bertz CT molecular complexity index is 869. The molecule has 0 aliphatic carbocycles. The summed E-state index contributed by atoms with van der Waals surface area (Å²) in [6.45, 7) is 10.2. The molecule has 2 atom stereocenters. The number of hydrogen-bond acceptors (Lipinski definition) is 4. The molecular weight excluding hydrogens is 366 g/mol. The van der Waals surface area contributed by atoms with E-state index in [1.165, 1.54) is 6.20 Å². The summed E-state index contributed by atoms with van der Waals surface area (Å²) < 4.78 is 5.31. The van der Waals surface area contributed by atoms with Crippen molar-refractivity contribution in [3.8, 4) is 5.88 Å². The van der Waals surface area contributed by atoms with Crippen LogP contribution in [0.3, 0.4) is 0 Å². The van der Waals surface area contributed by atoms with Gasteiger partial charge >= 0.3 is 0 Å². The molecule has 1 aromatic carbocycles. The second kappa shape index (κ2) is 9.07. The smallest absolute Gasteiger partial charge is 0.257 e. The second-order valence-corrected chi connectivity index (χ2v) is 7.96. The highest BCUT2D eigenvalue weighted by Crippen LogP contribution is 2.24. The molecule has 3 rings (SSSR count). The number of carbonyl (C=O) groups excluding carboxylic acids is 2. The van der Waals surface area contributed by atoms with Crippen LogP contribution in [-0.2, 0) is 0 Å². The maximum Gasteiger partial charge on any atom is 0.257 e. The maximum atomic E-state index is 13.0. The van der Waals surface area contributed by atoms with Crippen molar-refractivity contribution >= 4 is 17.5 Å². The van der Waals surface area contributed by atoms with Gasteiger partial charge in [0.1, 0.15) is 0 Å². The minimum atomic E-state index is -0.270. The first-order valence-electron chi connectivity index (χ1n) is 10.2. The van der Waals surface area contributed by atoms with E-state index in [-0.39, 0.29) is 11.8 Å². The van der Waals surface area contributed by atoms with Gasteiger partial charge in [0.05, 0.1) is 12.2 Å². The average Bonchev–Trinajstić information content (AvgIpc) is 2.69. The molecule has 0 radical (unpaired) electrons. The third-order valence-electron chi connectivity index (χ3n) is 5.18. The number of nitrogens with one attached hydrogen (secondary N) is 1. The molecule has 0 saturated carbocycles. The van der Waals surface area contributed by atoms with Gasteiger partial charge in [0.15, 0.2) is 0 Å². The molecule has 6 heteroatoms. The average molecular weight is 396 g/mol. The van der Waals surface area contributed by atoms with E-state index in [1.54, 1.807) is 18.2 Å². The third-order valence-corrected chi connectivity index (χ3v) is 5.18. The first kappa shape index (κ1) is 20.8. The van der Waals surface area contributed by atoms with Gasteiger partial charge in [0, 0.05) is 36.6 Å². The number of carbonyl (C=O) groups is 2. The molecule has 2 amide bonds.